The first-order valence-corrected chi connectivity index (χ1v) is 19.8. The van der Waals surface area contributed by atoms with Crippen molar-refractivity contribution in [3.63, 3.8) is 0 Å². The SMILES string of the molecule is COc1cc(NC(=S)Nc2ccc(Cl)cc2)c2cc1Oc1ccc(cc1)C[C@H]1c3cc(c(OC)cc3CCN1C)Oc1c(OC)c(OC)cc3c1[C@H](C2)N(C)CC3. The monoisotopic (exact) mass is 806 g/mol. The molecule has 0 saturated heterocycles. The summed E-state index contributed by atoms with van der Waals surface area (Å²) in [6, 6.07) is 26.0. The number of hydrogen-bond acceptors (Lipinski definition) is 9. The molecule has 9 rings (SSSR count). The van der Waals surface area contributed by atoms with E-state index in [0.29, 0.717) is 62.6 Å². The number of nitrogens with one attached hydrogen (secondary N) is 2. The molecule has 12 heteroatoms. The lowest BCUT2D eigenvalue weighted by Gasteiger charge is -2.37. The van der Waals surface area contributed by atoms with Crippen LogP contribution in [-0.4, -0.2) is 70.5 Å². The van der Waals surface area contributed by atoms with Crippen molar-refractivity contribution in [2.24, 2.45) is 0 Å². The Bertz CT molecular complexity index is 2300. The molecule has 4 aliphatic rings. The molecule has 5 aromatic carbocycles. The van der Waals surface area contributed by atoms with Crippen LogP contribution in [0.3, 0.4) is 0 Å². The third-order valence-corrected chi connectivity index (χ3v) is 11.8. The number of benzene rings is 5. The van der Waals surface area contributed by atoms with E-state index in [-0.39, 0.29) is 12.1 Å². The van der Waals surface area contributed by atoms with Gasteiger partial charge in [0.15, 0.2) is 39.6 Å². The van der Waals surface area contributed by atoms with Crippen LogP contribution in [0.1, 0.15) is 45.5 Å². The topological polar surface area (TPSA) is 85.9 Å². The summed E-state index contributed by atoms with van der Waals surface area (Å²) in [5.74, 6) is 4.86. The third kappa shape index (κ3) is 7.77. The lowest BCUT2D eigenvalue weighted by Crippen LogP contribution is -2.34. The van der Waals surface area contributed by atoms with Gasteiger partial charge in [0, 0.05) is 53.2 Å². The van der Waals surface area contributed by atoms with Crippen LogP contribution in [0.5, 0.6) is 46.0 Å². The Hall–Kier alpha value is -5.20. The summed E-state index contributed by atoms with van der Waals surface area (Å²) in [5, 5.41) is 7.80. The molecule has 57 heavy (non-hydrogen) atoms. The van der Waals surface area contributed by atoms with E-state index in [1.165, 1.54) is 16.7 Å². The van der Waals surface area contributed by atoms with E-state index in [4.69, 9.17) is 52.2 Å². The van der Waals surface area contributed by atoms with Gasteiger partial charge in [-0.1, -0.05) is 23.7 Å². The lowest BCUT2D eigenvalue weighted by molar-refractivity contribution is 0.220. The van der Waals surface area contributed by atoms with Gasteiger partial charge < -0.3 is 39.1 Å². The molecule has 0 saturated carbocycles. The van der Waals surface area contributed by atoms with Crippen LogP contribution in [0.2, 0.25) is 5.02 Å². The summed E-state index contributed by atoms with van der Waals surface area (Å²) in [4.78, 5) is 4.77. The molecule has 4 heterocycles. The highest BCUT2D eigenvalue weighted by molar-refractivity contribution is 7.80. The number of methoxy groups -OCH3 is 4. The molecule has 0 radical (unpaired) electrons. The van der Waals surface area contributed by atoms with Gasteiger partial charge in [-0.15, -0.1) is 0 Å². The molecule has 0 fully saturated rings. The fourth-order valence-corrected chi connectivity index (χ4v) is 8.63. The van der Waals surface area contributed by atoms with Crippen molar-refractivity contribution in [3.8, 4) is 46.0 Å². The first kappa shape index (κ1) is 38.7. The van der Waals surface area contributed by atoms with Gasteiger partial charge in [-0.2, -0.15) is 0 Å². The van der Waals surface area contributed by atoms with Crippen molar-refractivity contribution in [2.45, 2.75) is 37.8 Å². The van der Waals surface area contributed by atoms with Crippen LogP contribution in [0, 0.1) is 0 Å². The Morgan fingerprint density at radius 1 is 0.684 bits per heavy atom. The number of halogens is 1. The Balaban J connectivity index is 1.32. The van der Waals surface area contributed by atoms with Crippen molar-refractivity contribution in [3.05, 3.63) is 117 Å². The van der Waals surface area contributed by atoms with Gasteiger partial charge in [-0.05, 0) is 140 Å². The molecule has 0 unspecified atom stereocenters. The standard InChI is InChI=1S/C45H47ClN4O6S/c1-49-17-15-27-21-37(51-3)40-24-33(27)35(49)19-26-7-13-32(14-8-26)55-39-23-29(34(25-38(39)52-4)48-45(57)47-31-11-9-30(46)10-12-31)20-36-42-28(16-18-50(36)2)22-41(53-5)43(54-6)44(42)56-40/h7-14,21-25,35-36H,15-20H2,1-6H3,(H2,47,48,57)/t35-,36-/m0/s1. The summed E-state index contributed by atoms with van der Waals surface area (Å²) >= 11 is 12.0. The van der Waals surface area contributed by atoms with Crippen molar-refractivity contribution in [1.82, 2.24) is 9.80 Å². The minimum absolute atomic E-state index is 0.121. The molecule has 4 aliphatic heterocycles. The molecule has 2 atom stereocenters. The van der Waals surface area contributed by atoms with Gasteiger partial charge in [0.25, 0.3) is 0 Å². The molecular formula is C45H47ClN4O6S. The Kier molecular flexibility index (Phi) is 11.1. The molecule has 296 valence electrons. The number of hydrogen-bond donors (Lipinski definition) is 2. The van der Waals surface area contributed by atoms with Gasteiger partial charge in [0.2, 0.25) is 5.75 Å². The van der Waals surface area contributed by atoms with Gasteiger partial charge in [-0.25, -0.2) is 0 Å². The summed E-state index contributed by atoms with van der Waals surface area (Å²) < 4.78 is 37.9. The second-order valence-corrected chi connectivity index (χ2v) is 15.6. The van der Waals surface area contributed by atoms with E-state index < -0.39 is 0 Å². The summed E-state index contributed by atoms with van der Waals surface area (Å²) in [6.07, 6.45) is 3.05. The van der Waals surface area contributed by atoms with Crippen LogP contribution in [0.15, 0.2) is 78.9 Å². The average Bonchev–Trinajstić information content (AvgIpc) is 3.21. The van der Waals surface area contributed by atoms with E-state index in [1.807, 2.05) is 48.5 Å². The first-order valence-electron chi connectivity index (χ1n) is 19.0. The third-order valence-electron chi connectivity index (χ3n) is 11.3. The van der Waals surface area contributed by atoms with Gasteiger partial charge in [-0.3, -0.25) is 9.80 Å². The molecule has 0 aliphatic carbocycles. The summed E-state index contributed by atoms with van der Waals surface area (Å²) in [7, 11) is 11.0. The zero-order chi connectivity index (χ0) is 39.8. The number of ether oxygens (including phenoxy) is 6. The van der Waals surface area contributed by atoms with Crippen molar-refractivity contribution < 1.29 is 28.4 Å². The second kappa shape index (κ2) is 16.3. The molecular weight excluding hydrogens is 760 g/mol. The fourth-order valence-electron chi connectivity index (χ4n) is 8.28. The molecule has 5 aromatic rings. The Morgan fingerprint density at radius 3 is 2.04 bits per heavy atom. The van der Waals surface area contributed by atoms with Gasteiger partial charge >= 0.3 is 0 Å². The van der Waals surface area contributed by atoms with Crippen LogP contribution in [-0.2, 0) is 25.7 Å². The number of thiocarbonyl (C=S) groups is 1. The van der Waals surface area contributed by atoms with Crippen molar-refractivity contribution >= 4 is 40.3 Å². The number of rotatable bonds is 6. The van der Waals surface area contributed by atoms with E-state index in [9.17, 15) is 0 Å². The molecule has 0 spiro atoms. The first-order chi connectivity index (χ1) is 27.7. The maximum atomic E-state index is 7.14. The number of anilines is 2. The van der Waals surface area contributed by atoms with Crippen LogP contribution in [0.25, 0.3) is 0 Å². The number of nitrogens with zero attached hydrogens (tertiary/aromatic N) is 2. The number of likely N-dealkylation sites (N-methyl/N-ethyl adjacent to an activating group) is 2. The molecule has 6 bridgehead atoms. The smallest absolute Gasteiger partial charge is 0.204 e. The summed E-state index contributed by atoms with van der Waals surface area (Å²) in [6.45, 7) is 1.75. The van der Waals surface area contributed by atoms with Gasteiger partial charge in [0.1, 0.15) is 5.75 Å². The maximum absolute atomic E-state index is 7.14. The Labute approximate surface area is 344 Å². The van der Waals surface area contributed by atoms with E-state index in [2.05, 4.69) is 64.9 Å². The minimum atomic E-state index is -0.163. The average molecular weight is 807 g/mol. The largest absolute Gasteiger partial charge is 0.493 e. The molecule has 10 nitrogen and oxygen atoms in total. The van der Waals surface area contributed by atoms with E-state index in [1.54, 1.807) is 28.4 Å². The van der Waals surface area contributed by atoms with Crippen molar-refractivity contribution in [2.75, 3.05) is 66.3 Å². The summed E-state index contributed by atoms with van der Waals surface area (Å²) in [5.41, 5.74) is 8.31. The molecule has 0 amide bonds. The van der Waals surface area contributed by atoms with Crippen LogP contribution in [0.4, 0.5) is 11.4 Å². The highest BCUT2D eigenvalue weighted by Gasteiger charge is 2.35. The number of fused-ring (bicyclic) bond motifs is 2. The van der Waals surface area contributed by atoms with Gasteiger partial charge in [0.05, 0.1) is 28.4 Å². The van der Waals surface area contributed by atoms with E-state index >= 15 is 0 Å². The zero-order valence-corrected chi connectivity index (χ0v) is 34.6. The van der Waals surface area contributed by atoms with E-state index in [0.717, 1.165) is 60.4 Å². The Morgan fingerprint density at radius 2 is 1.33 bits per heavy atom. The zero-order valence-electron chi connectivity index (χ0n) is 33.0. The second-order valence-electron chi connectivity index (χ2n) is 14.7. The highest BCUT2D eigenvalue weighted by atomic mass is 35.5. The molecule has 2 N–H and O–H groups in total. The van der Waals surface area contributed by atoms with Crippen molar-refractivity contribution in [1.29, 1.82) is 0 Å². The maximum Gasteiger partial charge on any atom is 0.204 e. The minimum Gasteiger partial charge on any atom is -0.493 e. The predicted octanol–water partition coefficient (Wildman–Crippen LogP) is 9.62. The van der Waals surface area contributed by atoms with Crippen LogP contribution < -0.4 is 39.1 Å². The molecule has 0 aromatic heterocycles. The lowest BCUT2D eigenvalue weighted by atomic mass is 9.86. The fraction of sp³-hybridized carbons (Fsp3) is 0.311. The normalized spacial score (nSPS) is 17.5. The van der Waals surface area contributed by atoms with Crippen LogP contribution >= 0.6 is 23.8 Å². The highest BCUT2D eigenvalue weighted by Crippen LogP contribution is 2.52. The quantitative estimate of drug-likeness (QED) is 0.161. The predicted molar refractivity (Wildman–Crippen MR) is 229 cm³/mol.